The summed E-state index contributed by atoms with van der Waals surface area (Å²) in [5.41, 5.74) is 0. The van der Waals surface area contributed by atoms with Crippen molar-refractivity contribution in [2.24, 2.45) is 0 Å². The molecule has 1 saturated heterocycles. The zero-order valence-electron chi connectivity index (χ0n) is 12.9. The number of anilines is 2. The zero-order chi connectivity index (χ0) is 15.5. The summed E-state index contributed by atoms with van der Waals surface area (Å²) in [6, 6.07) is -0.0273. The van der Waals surface area contributed by atoms with Crippen molar-refractivity contribution in [2.45, 2.75) is 32.2 Å². The lowest BCUT2D eigenvalue weighted by Gasteiger charge is -2.25. The molecule has 21 heavy (non-hydrogen) atoms. The molecule has 0 bridgehead atoms. The molecule has 7 nitrogen and oxygen atoms in total. The number of sulfone groups is 1. The van der Waals surface area contributed by atoms with Crippen LogP contribution >= 0.6 is 0 Å². The number of hydrogen-bond donors (Lipinski definition) is 0. The molecule has 0 N–H and O–H groups in total. The monoisotopic (exact) mass is 313 g/mol. The van der Waals surface area contributed by atoms with Crippen LogP contribution in [0.15, 0.2) is 6.20 Å². The van der Waals surface area contributed by atoms with Crippen molar-refractivity contribution in [1.29, 1.82) is 0 Å². The quantitative estimate of drug-likeness (QED) is 0.766. The van der Waals surface area contributed by atoms with Crippen LogP contribution in [0.1, 0.15) is 26.2 Å². The molecule has 1 fully saturated rings. The van der Waals surface area contributed by atoms with Crippen LogP contribution in [0.25, 0.3) is 0 Å². The normalized spacial score (nSPS) is 20.4. The summed E-state index contributed by atoms with van der Waals surface area (Å²) < 4.78 is 23.2. The average Bonchev–Trinajstić information content (AvgIpc) is 2.84. The van der Waals surface area contributed by atoms with E-state index in [-0.39, 0.29) is 17.5 Å². The van der Waals surface area contributed by atoms with Crippen molar-refractivity contribution < 1.29 is 8.42 Å². The summed E-state index contributed by atoms with van der Waals surface area (Å²) in [5.74, 6) is 1.69. The van der Waals surface area contributed by atoms with E-state index in [1.165, 1.54) is 0 Å². The van der Waals surface area contributed by atoms with Crippen LogP contribution in [-0.2, 0) is 9.84 Å². The highest BCUT2D eigenvalue weighted by atomic mass is 32.2. The van der Waals surface area contributed by atoms with E-state index in [0.717, 1.165) is 19.4 Å². The first-order chi connectivity index (χ1) is 9.93. The first-order valence-corrected chi connectivity index (χ1v) is 9.09. The molecule has 0 radical (unpaired) electrons. The van der Waals surface area contributed by atoms with Crippen LogP contribution in [0.5, 0.6) is 0 Å². The van der Waals surface area contributed by atoms with Gasteiger partial charge >= 0.3 is 0 Å². The van der Waals surface area contributed by atoms with Gasteiger partial charge < -0.3 is 9.80 Å². The summed E-state index contributed by atoms with van der Waals surface area (Å²) in [5, 5.41) is 8.05. The number of unbranched alkanes of at least 4 members (excludes halogenated alkanes) is 1. The largest absolute Gasteiger partial charge is 0.354 e. The second-order valence-electron chi connectivity index (χ2n) is 5.56. The van der Waals surface area contributed by atoms with E-state index in [1.54, 1.807) is 6.20 Å². The van der Waals surface area contributed by atoms with E-state index in [9.17, 15) is 8.42 Å². The molecule has 1 aliphatic rings. The van der Waals surface area contributed by atoms with Gasteiger partial charge in [-0.05, 0) is 12.8 Å². The van der Waals surface area contributed by atoms with Crippen LogP contribution in [0.3, 0.4) is 0 Å². The molecule has 2 rings (SSSR count). The van der Waals surface area contributed by atoms with Crippen molar-refractivity contribution in [2.75, 3.05) is 41.9 Å². The van der Waals surface area contributed by atoms with Gasteiger partial charge in [-0.25, -0.2) is 8.42 Å². The maximum atomic E-state index is 11.6. The van der Waals surface area contributed by atoms with Crippen molar-refractivity contribution in [1.82, 2.24) is 15.2 Å². The predicted molar refractivity (Wildman–Crippen MR) is 83.5 cm³/mol. The van der Waals surface area contributed by atoms with Crippen molar-refractivity contribution in [3.63, 3.8) is 0 Å². The Morgan fingerprint density at radius 3 is 2.76 bits per heavy atom. The van der Waals surface area contributed by atoms with Crippen molar-refractivity contribution >= 4 is 21.6 Å². The molecule has 0 saturated carbocycles. The third-order valence-corrected chi connectivity index (χ3v) is 5.59. The average molecular weight is 313 g/mol. The smallest absolute Gasteiger partial charge is 0.247 e. The summed E-state index contributed by atoms with van der Waals surface area (Å²) in [6.45, 7) is 3.01. The predicted octanol–water partition coefficient (Wildman–Crippen LogP) is 0.731. The SMILES string of the molecule is CCCCN(C)c1nncc(N(C)C2CCS(=O)(=O)C2)n1. The van der Waals surface area contributed by atoms with E-state index in [4.69, 9.17) is 0 Å². The molecular formula is C13H23N5O2S. The molecule has 0 amide bonds. The molecule has 1 aromatic rings. The Hall–Kier alpha value is -1.44. The lowest BCUT2D eigenvalue weighted by molar-refractivity contribution is 0.600. The first kappa shape index (κ1) is 15.9. The Bertz CT molecular complexity index is 578. The number of nitrogens with zero attached hydrogens (tertiary/aromatic N) is 5. The second kappa shape index (κ2) is 6.55. The van der Waals surface area contributed by atoms with E-state index < -0.39 is 9.84 Å². The fourth-order valence-corrected chi connectivity index (χ4v) is 4.16. The van der Waals surface area contributed by atoms with Crippen LogP contribution in [0.2, 0.25) is 0 Å². The fraction of sp³-hybridized carbons (Fsp3) is 0.769. The minimum absolute atomic E-state index is 0.0273. The molecule has 118 valence electrons. The standard InChI is InChI=1S/C13H23N5O2S/c1-4-5-7-17(2)13-15-12(9-14-16-13)18(3)11-6-8-21(19,20)10-11/h9,11H,4-8,10H2,1-3H3. The van der Waals surface area contributed by atoms with E-state index in [2.05, 4.69) is 22.1 Å². The van der Waals surface area contributed by atoms with Crippen molar-refractivity contribution in [3.8, 4) is 0 Å². The summed E-state index contributed by atoms with van der Waals surface area (Å²) >= 11 is 0. The van der Waals surface area contributed by atoms with Gasteiger partial charge in [-0.15, -0.1) is 5.10 Å². The Balaban J connectivity index is 2.10. The molecule has 8 heteroatoms. The highest BCUT2D eigenvalue weighted by Gasteiger charge is 2.31. The Morgan fingerprint density at radius 1 is 1.38 bits per heavy atom. The Kier molecular flexibility index (Phi) is 4.97. The zero-order valence-corrected chi connectivity index (χ0v) is 13.7. The molecule has 1 aromatic heterocycles. The lowest BCUT2D eigenvalue weighted by atomic mass is 10.2. The number of hydrogen-bond acceptors (Lipinski definition) is 7. The van der Waals surface area contributed by atoms with Crippen LogP contribution in [-0.4, -0.2) is 61.8 Å². The van der Waals surface area contributed by atoms with Gasteiger partial charge in [0.1, 0.15) is 0 Å². The minimum atomic E-state index is -2.90. The molecule has 0 spiro atoms. The molecule has 0 aromatic carbocycles. The third kappa shape index (κ3) is 4.03. The van der Waals surface area contributed by atoms with Gasteiger partial charge in [0.25, 0.3) is 0 Å². The van der Waals surface area contributed by atoms with Crippen LogP contribution < -0.4 is 9.80 Å². The van der Waals surface area contributed by atoms with Gasteiger partial charge in [-0.1, -0.05) is 13.3 Å². The molecule has 2 heterocycles. The van der Waals surface area contributed by atoms with Crippen LogP contribution in [0, 0.1) is 0 Å². The highest BCUT2D eigenvalue weighted by molar-refractivity contribution is 7.91. The molecular weight excluding hydrogens is 290 g/mol. The van der Waals surface area contributed by atoms with E-state index in [0.29, 0.717) is 18.2 Å². The van der Waals surface area contributed by atoms with Gasteiger partial charge in [-0.2, -0.15) is 10.1 Å². The van der Waals surface area contributed by atoms with Gasteiger partial charge in [0.2, 0.25) is 5.95 Å². The van der Waals surface area contributed by atoms with Gasteiger partial charge in [-0.3, -0.25) is 0 Å². The summed E-state index contributed by atoms with van der Waals surface area (Å²) in [7, 11) is 0.905. The van der Waals surface area contributed by atoms with Crippen LogP contribution in [0.4, 0.5) is 11.8 Å². The number of aromatic nitrogens is 3. The molecule has 1 aliphatic heterocycles. The highest BCUT2D eigenvalue weighted by Crippen LogP contribution is 2.21. The Labute approximate surface area is 126 Å². The topological polar surface area (TPSA) is 79.3 Å². The maximum absolute atomic E-state index is 11.6. The summed E-state index contributed by atoms with van der Waals surface area (Å²) in [6.07, 6.45) is 4.41. The van der Waals surface area contributed by atoms with Gasteiger partial charge in [0.15, 0.2) is 15.7 Å². The maximum Gasteiger partial charge on any atom is 0.247 e. The van der Waals surface area contributed by atoms with Gasteiger partial charge in [0, 0.05) is 26.7 Å². The summed E-state index contributed by atoms with van der Waals surface area (Å²) in [4.78, 5) is 8.37. The third-order valence-electron chi connectivity index (χ3n) is 3.84. The first-order valence-electron chi connectivity index (χ1n) is 7.27. The van der Waals surface area contributed by atoms with Gasteiger partial charge in [0.05, 0.1) is 17.7 Å². The fourth-order valence-electron chi connectivity index (χ4n) is 2.38. The molecule has 1 atom stereocenters. The Morgan fingerprint density at radius 2 is 2.14 bits per heavy atom. The van der Waals surface area contributed by atoms with Crippen molar-refractivity contribution in [3.05, 3.63) is 6.20 Å². The van der Waals surface area contributed by atoms with E-state index >= 15 is 0 Å². The molecule has 1 unspecified atom stereocenters. The van der Waals surface area contributed by atoms with E-state index in [1.807, 2.05) is 23.9 Å². The molecule has 0 aliphatic carbocycles. The lowest BCUT2D eigenvalue weighted by Crippen LogP contribution is -2.34. The second-order valence-corrected chi connectivity index (χ2v) is 7.79. The minimum Gasteiger partial charge on any atom is -0.354 e. The number of rotatable bonds is 6.